The molecule has 1 aromatic heterocycles. The minimum atomic E-state index is -3.63. The van der Waals surface area contributed by atoms with Gasteiger partial charge in [0.25, 0.3) is 10.0 Å². The van der Waals surface area contributed by atoms with E-state index in [0.717, 1.165) is 12.8 Å². The summed E-state index contributed by atoms with van der Waals surface area (Å²) >= 11 is 0. The molecule has 1 amide bonds. The maximum Gasteiger partial charge on any atom is 0.258 e. The van der Waals surface area contributed by atoms with Crippen LogP contribution in [0.15, 0.2) is 17.3 Å². The SMILES string of the molecule is CC(=O)N1CCCC(NS(=O)(=O)c2ccnn2C(C)C)C1. The van der Waals surface area contributed by atoms with Crippen LogP contribution in [0.5, 0.6) is 0 Å². The average Bonchev–Trinajstić information content (AvgIpc) is 2.88. The fraction of sp³-hybridized carbons (Fsp3) is 0.692. The normalized spacial score (nSPS) is 20.0. The standard InChI is InChI=1S/C13H22N4O3S/c1-10(2)17-13(6-7-14-17)21(19,20)15-12-5-4-8-16(9-12)11(3)18/h6-7,10,12,15H,4-5,8-9H2,1-3H3. The summed E-state index contributed by atoms with van der Waals surface area (Å²) in [6.07, 6.45) is 3.02. The summed E-state index contributed by atoms with van der Waals surface area (Å²) in [7, 11) is -3.63. The van der Waals surface area contributed by atoms with Gasteiger partial charge in [0.05, 0.1) is 6.20 Å². The number of rotatable bonds is 4. The van der Waals surface area contributed by atoms with E-state index in [4.69, 9.17) is 0 Å². The van der Waals surface area contributed by atoms with Gasteiger partial charge < -0.3 is 4.90 Å². The van der Waals surface area contributed by atoms with Crippen LogP contribution >= 0.6 is 0 Å². The number of sulfonamides is 1. The Morgan fingerprint density at radius 3 is 2.81 bits per heavy atom. The van der Waals surface area contributed by atoms with Crippen molar-refractivity contribution in [2.75, 3.05) is 13.1 Å². The Balaban J connectivity index is 2.14. The smallest absolute Gasteiger partial charge is 0.258 e. The van der Waals surface area contributed by atoms with Crippen molar-refractivity contribution >= 4 is 15.9 Å². The Bertz CT molecular complexity index is 609. The van der Waals surface area contributed by atoms with Crippen molar-refractivity contribution in [3.8, 4) is 0 Å². The van der Waals surface area contributed by atoms with Gasteiger partial charge in [0, 0.05) is 32.1 Å². The first kappa shape index (κ1) is 16.0. The molecule has 1 atom stereocenters. The molecule has 118 valence electrons. The largest absolute Gasteiger partial charge is 0.341 e. The summed E-state index contributed by atoms with van der Waals surface area (Å²) in [6.45, 7) is 6.38. The Morgan fingerprint density at radius 1 is 1.48 bits per heavy atom. The minimum Gasteiger partial charge on any atom is -0.341 e. The van der Waals surface area contributed by atoms with Gasteiger partial charge >= 0.3 is 0 Å². The van der Waals surface area contributed by atoms with E-state index >= 15 is 0 Å². The van der Waals surface area contributed by atoms with Gasteiger partial charge in [-0.2, -0.15) is 5.10 Å². The van der Waals surface area contributed by atoms with Gasteiger partial charge in [0.1, 0.15) is 0 Å². The van der Waals surface area contributed by atoms with E-state index in [1.807, 2.05) is 13.8 Å². The van der Waals surface area contributed by atoms with Crippen molar-refractivity contribution in [3.05, 3.63) is 12.3 Å². The molecule has 0 bridgehead atoms. The molecule has 1 N–H and O–H groups in total. The number of hydrogen-bond acceptors (Lipinski definition) is 4. The van der Waals surface area contributed by atoms with Crippen LogP contribution in [-0.4, -0.2) is 48.1 Å². The number of nitrogens with zero attached hydrogens (tertiary/aromatic N) is 3. The third-order valence-electron chi connectivity index (χ3n) is 3.59. The predicted octanol–water partition coefficient (Wildman–Crippen LogP) is 0.753. The maximum atomic E-state index is 12.5. The Hall–Kier alpha value is -1.41. The van der Waals surface area contributed by atoms with Gasteiger partial charge in [-0.25, -0.2) is 13.1 Å². The highest BCUT2D eigenvalue weighted by atomic mass is 32.2. The van der Waals surface area contributed by atoms with Crippen LogP contribution < -0.4 is 4.72 Å². The fourth-order valence-electron chi connectivity index (χ4n) is 2.54. The summed E-state index contributed by atoms with van der Waals surface area (Å²) < 4.78 is 29.2. The second kappa shape index (κ2) is 6.15. The van der Waals surface area contributed by atoms with E-state index in [0.29, 0.717) is 13.1 Å². The van der Waals surface area contributed by atoms with Crippen molar-refractivity contribution < 1.29 is 13.2 Å². The summed E-state index contributed by atoms with van der Waals surface area (Å²) in [5, 5.41) is 4.22. The predicted molar refractivity (Wildman–Crippen MR) is 78.2 cm³/mol. The maximum absolute atomic E-state index is 12.5. The zero-order chi connectivity index (χ0) is 15.6. The van der Waals surface area contributed by atoms with Crippen molar-refractivity contribution in [1.29, 1.82) is 0 Å². The molecule has 0 aliphatic carbocycles. The van der Waals surface area contributed by atoms with Gasteiger partial charge in [-0.05, 0) is 32.8 Å². The molecule has 1 aliphatic rings. The van der Waals surface area contributed by atoms with Crippen LogP contribution in [0.1, 0.15) is 39.7 Å². The summed E-state index contributed by atoms with van der Waals surface area (Å²) in [4.78, 5) is 13.1. The van der Waals surface area contributed by atoms with Gasteiger partial charge in [0.15, 0.2) is 5.03 Å². The van der Waals surface area contributed by atoms with Crippen LogP contribution in [-0.2, 0) is 14.8 Å². The third-order valence-corrected chi connectivity index (χ3v) is 5.10. The van der Waals surface area contributed by atoms with Gasteiger partial charge in [-0.3, -0.25) is 9.48 Å². The monoisotopic (exact) mass is 314 g/mol. The quantitative estimate of drug-likeness (QED) is 0.889. The highest BCUT2D eigenvalue weighted by molar-refractivity contribution is 7.89. The van der Waals surface area contributed by atoms with Crippen molar-refractivity contribution in [3.63, 3.8) is 0 Å². The van der Waals surface area contributed by atoms with Crippen molar-refractivity contribution in [2.24, 2.45) is 0 Å². The lowest BCUT2D eigenvalue weighted by molar-refractivity contribution is -0.130. The lowest BCUT2D eigenvalue weighted by atomic mass is 10.1. The lowest BCUT2D eigenvalue weighted by Crippen LogP contribution is -2.49. The Kier molecular flexibility index (Phi) is 4.67. The first-order valence-corrected chi connectivity index (χ1v) is 8.61. The van der Waals surface area contributed by atoms with Crippen molar-refractivity contribution in [1.82, 2.24) is 19.4 Å². The van der Waals surface area contributed by atoms with Crippen LogP contribution in [0.4, 0.5) is 0 Å². The zero-order valence-electron chi connectivity index (χ0n) is 12.6. The molecule has 0 saturated carbocycles. The number of hydrogen-bond donors (Lipinski definition) is 1. The molecule has 1 fully saturated rings. The van der Waals surface area contributed by atoms with E-state index in [-0.39, 0.29) is 23.0 Å². The van der Waals surface area contributed by atoms with E-state index in [1.54, 1.807) is 4.90 Å². The van der Waals surface area contributed by atoms with Crippen molar-refractivity contribution in [2.45, 2.75) is 50.7 Å². The van der Waals surface area contributed by atoms with Gasteiger partial charge in [0.2, 0.25) is 5.91 Å². The molecule has 1 saturated heterocycles. The zero-order valence-corrected chi connectivity index (χ0v) is 13.4. The molecular formula is C13H22N4O3S. The molecule has 7 nitrogen and oxygen atoms in total. The highest BCUT2D eigenvalue weighted by Gasteiger charge is 2.28. The highest BCUT2D eigenvalue weighted by Crippen LogP contribution is 2.17. The molecule has 1 unspecified atom stereocenters. The molecule has 21 heavy (non-hydrogen) atoms. The summed E-state index contributed by atoms with van der Waals surface area (Å²) in [5.41, 5.74) is 0. The van der Waals surface area contributed by atoms with E-state index in [2.05, 4.69) is 9.82 Å². The molecule has 8 heteroatoms. The fourth-order valence-corrected chi connectivity index (χ4v) is 4.04. The second-order valence-corrected chi connectivity index (χ2v) is 7.29. The number of likely N-dealkylation sites (tertiary alicyclic amines) is 1. The first-order chi connectivity index (χ1) is 9.81. The molecule has 0 radical (unpaired) electrons. The molecule has 1 aliphatic heterocycles. The third kappa shape index (κ3) is 3.62. The summed E-state index contributed by atoms with van der Waals surface area (Å²) in [5.74, 6) is -0.0221. The second-order valence-electron chi connectivity index (χ2n) is 5.63. The molecule has 1 aromatic rings. The number of aromatic nitrogens is 2. The molecule has 2 rings (SSSR count). The molecule has 0 spiro atoms. The lowest BCUT2D eigenvalue weighted by Gasteiger charge is -2.32. The number of carbonyl (C=O) groups is 1. The van der Waals surface area contributed by atoms with E-state index in [9.17, 15) is 13.2 Å². The first-order valence-electron chi connectivity index (χ1n) is 7.12. The van der Waals surface area contributed by atoms with E-state index in [1.165, 1.54) is 23.9 Å². The number of piperidine rings is 1. The number of carbonyl (C=O) groups excluding carboxylic acids is 1. The molecule has 2 heterocycles. The Morgan fingerprint density at radius 2 is 2.19 bits per heavy atom. The topological polar surface area (TPSA) is 84.3 Å². The van der Waals surface area contributed by atoms with E-state index < -0.39 is 10.0 Å². The Labute approximate surface area is 125 Å². The molecular weight excluding hydrogens is 292 g/mol. The van der Waals surface area contributed by atoms with Crippen LogP contribution in [0.3, 0.4) is 0 Å². The average molecular weight is 314 g/mol. The number of amides is 1. The molecule has 0 aromatic carbocycles. The van der Waals surface area contributed by atoms with Gasteiger partial charge in [-0.1, -0.05) is 0 Å². The summed E-state index contributed by atoms with van der Waals surface area (Å²) in [6, 6.07) is 1.21. The minimum absolute atomic E-state index is 0.0221. The van der Waals surface area contributed by atoms with Gasteiger partial charge in [-0.15, -0.1) is 0 Å². The van der Waals surface area contributed by atoms with Crippen LogP contribution in [0.25, 0.3) is 0 Å². The van der Waals surface area contributed by atoms with Crippen LogP contribution in [0, 0.1) is 0 Å². The van der Waals surface area contributed by atoms with Crippen LogP contribution in [0.2, 0.25) is 0 Å². The number of nitrogens with one attached hydrogen (secondary N) is 1.